The maximum absolute atomic E-state index is 5.83. The molecule has 3 nitrogen and oxygen atoms in total. The van der Waals surface area contributed by atoms with Gasteiger partial charge in [-0.15, -0.1) is 0 Å². The Hall–Kier alpha value is -0.300. The van der Waals surface area contributed by atoms with Crippen LogP contribution in [-0.4, -0.2) is 9.55 Å². The minimum atomic E-state index is 0.447. The smallest absolute Gasteiger partial charge is 0.105 e. The van der Waals surface area contributed by atoms with Crippen LogP contribution in [0.5, 0.6) is 0 Å². The van der Waals surface area contributed by atoms with Crippen molar-refractivity contribution in [1.29, 1.82) is 0 Å². The molecule has 1 aromatic heterocycles. The molecule has 2 N–H and O–H groups in total. The molecule has 16 heavy (non-hydrogen) atoms. The van der Waals surface area contributed by atoms with Crippen LogP contribution in [0.4, 0.5) is 5.69 Å². The lowest BCUT2D eigenvalue weighted by Gasteiger charge is -2.11. The quantitative estimate of drug-likeness (QED) is 0.484. The molecular formula is C11H13BrIN3. The summed E-state index contributed by atoms with van der Waals surface area (Å²) >= 11 is 5.93. The molecule has 0 aliphatic heterocycles. The first kappa shape index (κ1) is 12.2. The van der Waals surface area contributed by atoms with Gasteiger partial charge < -0.3 is 10.3 Å². The minimum absolute atomic E-state index is 0.447. The lowest BCUT2D eigenvalue weighted by Crippen LogP contribution is -1.99. The average molecular weight is 394 g/mol. The highest BCUT2D eigenvalue weighted by Gasteiger charge is 2.12. The average Bonchev–Trinajstić information content (AvgIpc) is 2.68. The van der Waals surface area contributed by atoms with Gasteiger partial charge in [-0.1, -0.05) is 35.9 Å². The fraction of sp³-hybridized carbons (Fsp3) is 0.364. The van der Waals surface area contributed by atoms with Crippen molar-refractivity contribution in [2.45, 2.75) is 23.8 Å². The second-order valence-corrected chi connectivity index (χ2v) is 5.94. The molecule has 0 saturated carbocycles. The summed E-state index contributed by atoms with van der Waals surface area (Å²) in [5, 5.41) is 0. The molecule has 2 aromatic rings. The van der Waals surface area contributed by atoms with Crippen LogP contribution < -0.4 is 5.73 Å². The highest BCUT2D eigenvalue weighted by Crippen LogP contribution is 2.32. The number of benzene rings is 1. The molecule has 1 heterocycles. The standard InChI is InChI=1S/C11H13BrIN3/c1-2-3-9(13)16-6-15-11-8(16)5-4-7(14)10(11)12/h4-6,9H,2-3,14H2,1H3. The van der Waals surface area contributed by atoms with Crippen LogP contribution in [0.3, 0.4) is 0 Å². The van der Waals surface area contributed by atoms with E-state index in [1.54, 1.807) is 0 Å². The Morgan fingerprint density at radius 2 is 2.31 bits per heavy atom. The summed E-state index contributed by atoms with van der Waals surface area (Å²) in [6, 6.07) is 3.95. The minimum Gasteiger partial charge on any atom is -0.398 e. The van der Waals surface area contributed by atoms with Gasteiger partial charge in [-0.05, 0) is 34.5 Å². The molecule has 0 aliphatic rings. The van der Waals surface area contributed by atoms with Crippen LogP contribution in [0, 0.1) is 0 Å². The predicted octanol–water partition coefficient (Wildman–Crippen LogP) is 4.11. The zero-order chi connectivity index (χ0) is 11.7. The van der Waals surface area contributed by atoms with E-state index in [1.165, 1.54) is 6.42 Å². The molecule has 0 radical (unpaired) electrons. The molecule has 5 heteroatoms. The fourth-order valence-electron chi connectivity index (χ4n) is 1.68. The largest absolute Gasteiger partial charge is 0.398 e. The summed E-state index contributed by atoms with van der Waals surface area (Å²) in [5.41, 5.74) is 8.64. The molecule has 1 aromatic carbocycles. The summed E-state index contributed by atoms with van der Waals surface area (Å²) in [6.45, 7) is 2.19. The summed E-state index contributed by atoms with van der Waals surface area (Å²) in [7, 11) is 0. The Bertz CT molecular complexity index is 509. The van der Waals surface area contributed by atoms with Crippen molar-refractivity contribution in [3.8, 4) is 0 Å². The molecule has 0 saturated heterocycles. The molecule has 0 bridgehead atoms. The number of hydrogen-bond donors (Lipinski definition) is 1. The highest BCUT2D eigenvalue weighted by atomic mass is 127. The van der Waals surface area contributed by atoms with Gasteiger partial charge in [0.05, 0.1) is 20.4 Å². The monoisotopic (exact) mass is 393 g/mol. The normalized spacial score (nSPS) is 13.2. The van der Waals surface area contributed by atoms with Gasteiger partial charge in [0, 0.05) is 5.69 Å². The third kappa shape index (κ3) is 2.07. The predicted molar refractivity (Wildman–Crippen MR) is 79.8 cm³/mol. The molecule has 0 aliphatic carbocycles. The Balaban J connectivity index is 2.53. The van der Waals surface area contributed by atoms with Crippen molar-refractivity contribution in [3.05, 3.63) is 22.9 Å². The van der Waals surface area contributed by atoms with Crippen LogP contribution in [0.15, 0.2) is 22.9 Å². The second kappa shape index (κ2) is 4.91. The van der Waals surface area contributed by atoms with E-state index in [4.69, 9.17) is 5.73 Å². The third-order valence-electron chi connectivity index (χ3n) is 2.54. The maximum Gasteiger partial charge on any atom is 0.105 e. The van der Waals surface area contributed by atoms with Crippen LogP contribution in [-0.2, 0) is 0 Å². The number of anilines is 1. The van der Waals surface area contributed by atoms with Crippen molar-refractivity contribution in [2.24, 2.45) is 0 Å². The zero-order valence-electron chi connectivity index (χ0n) is 8.95. The van der Waals surface area contributed by atoms with Gasteiger partial charge in [0.15, 0.2) is 0 Å². The number of nitrogens with zero attached hydrogens (tertiary/aromatic N) is 2. The Kier molecular flexibility index (Phi) is 3.73. The van der Waals surface area contributed by atoms with E-state index in [0.717, 1.165) is 27.6 Å². The summed E-state index contributed by atoms with van der Waals surface area (Å²) in [5.74, 6) is 0. The number of nitrogens with two attached hydrogens (primary N) is 1. The van der Waals surface area contributed by atoms with E-state index in [0.29, 0.717) is 4.05 Å². The van der Waals surface area contributed by atoms with E-state index >= 15 is 0 Å². The SMILES string of the molecule is CCCC(I)n1cnc2c(Br)c(N)ccc21. The highest BCUT2D eigenvalue weighted by molar-refractivity contribution is 14.1. The number of fused-ring (bicyclic) bond motifs is 1. The molecule has 2 rings (SSSR count). The number of alkyl halides is 1. The summed E-state index contributed by atoms with van der Waals surface area (Å²) in [4.78, 5) is 4.41. The van der Waals surface area contributed by atoms with Gasteiger partial charge in [-0.2, -0.15) is 0 Å². The number of halogens is 2. The molecule has 0 amide bonds. The van der Waals surface area contributed by atoms with Crippen LogP contribution in [0.25, 0.3) is 11.0 Å². The van der Waals surface area contributed by atoms with Crippen molar-refractivity contribution < 1.29 is 0 Å². The molecule has 1 unspecified atom stereocenters. The topological polar surface area (TPSA) is 43.8 Å². The Morgan fingerprint density at radius 1 is 1.56 bits per heavy atom. The van der Waals surface area contributed by atoms with Crippen molar-refractivity contribution in [3.63, 3.8) is 0 Å². The molecule has 0 spiro atoms. The number of imidazole rings is 1. The van der Waals surface area contributed by atoms with Crippen molar-refractivity contribution >= 4 is 55.2 Å². The molecular weight excluding hydrogens is 381 g/mol. The van der Waals surface area contributed by atoms with Crippen molar-refractivity contribution in [1.82, 2.24) is 9.55 Å². The van der Waals surface area contributed by atoms with Crippen LogP contribution in [0.2, 0.25) is 0 Å². The third-order valence-corrected chi connectivity index (χ3v) is 4.60. The summed E-state index contributed by atoms with van der Waals surface area (Å²) < 4.78 is 3.54. The fourth-order valence-corrected chi connectivity index (χ4v) is 3.19. The molecule has 86 valence electrons. The molecule has 1 atom stereocenters. The second-order valence-electron chi connectivity index (χ2n) is 3.71. The van der Waals surface area contributed by atoms with Crippen LogP contribution >= 0.6 is 38.5 Å². The first-order valence-electron chi connectivity index (χ1n) is 5.19. The Morgan fingerprint density at radius 3 is 3.00 bits per heavy atom. The van der Waals surface area contributed by atoms with E-state index in [9.17, 15) is 0 Å². The Labute approximate surface area is 117 Å². The van der Waals surface area contributed by atoms with Gasteiger partial charge in [0.2, 0.25) is 0 Å². The van der Waals surface area contributed by atoms with Gasteiger partial charge >= 0.3 is 0 Å². The lowest BCUT2D eigenvalue weighted by molar-refractivity contribution is 0.651. The lowest BCUT2D eigenvalue weighted by atomic mass is 10.2. The van der Waals surface area contributed by atoms with Gasteiger partial charge in [0.25, 0.3) is 0 Å². The molecule has 0 fully saturated rings. The first-order valence-corrected chi connectivity index (χ1v) is 7.23. The zero-order valence-corrected chi connectivity index (χ0v) is 12.7. The number of rotatable bonds is 3. The number of aromatic nitrogens is 2. The van der Waals surface area contributed by atoms with Gasteiger partial charge in [-0.25, -0.2) is 4.98 Å². The van der Waals surface area contributed by atoms with E-state index in [-0.39, 0.29) is 0 Å². The van der Waals surface area contributed by atoms with Gasteiger partial charge in [0.1, 0.15) is 5.52 Å². The van der Waals surface area contributed by atoms with E-state index in [1.807, 2.05) is 18.5 Å². The van der Waals surface area contributed by atoms with Crippen molar-refractivity contribution in [2.75, 3.05) is 5.73 Å². The summed E-state index contributed by atoms with van der Waals surface area (Å²) in [6.07, 6.45) is 4.21. The van der Waals surface area contributed by atoms with Crippen LogP contribution in [0.1, 0.15) is 23.8 Å². The number of hydrogen-bond acceptors (Lipinski definition) is 2. The number of nitrogen functional groups attached to an aromatic ring is 1. The maximum atomic E-state index is 5.83. The first-order chi connectivity index (χ1) is 7.65. The van der Waals surface area contributed by atoms with Gasteiger partial charge in [-0.3, -0.25) is 0 Å². The van der Waals surface area contributed by atoms with E-state index < -0.39 is 0 Å². The van der Waals surface area contributed by atoms with E-state index in [2.05, 4.69) is 55.0 Å².